The summed E-state index contributed by atoms with van der Waals surface area (Å²) >= 11 is 0. The molecule has 0 bridgehead atoms. The number of hydrogen-bond acceptors (Lipinski definition) is 13. The van der Waals surface area contributed by atoms with Gasteiger partial charge in [-0.25, -0.2) is 0 Å². The van der Waals surface area contributed by atoms with Gasteiger partial charge in [-0.1, -0.05) is 53.2 Å². The molecule has 0 spiro atoms. The molecule has 2 saturated heterocycles. The molecule has 4 saturated carbocycles. The quantitative estimate of drug-likeness (QED) is 0.110. The van der Waals surface area contributed by atoms with Crippen LogP contribution < -0.4 is 0 Å². The van der Waals surface area contributed by atoms with Gasteiger partial charge < -0.3 is 59.8 Å². The van der Waals surface area contributed by atoms with Crippen molar-refractivity contribution in [2.24, 2.45) is 56.7 Å². The molecule has 0 amide bonds. The summed E-state index contributed by atoms with van der Waals surface area (Å²) in [4.78, 5) is 14.6. The standard InChI is InChI=1S/C41H66O13/c1-20-9-14-40(36(50)54-35-33(49)31(47)30(46)24(17-42)52-35)15-16-41(19-43)22(28(40)21(20)2)7-8-26-38(5)12-11-27(37(3,4)25(38)10-13-39(26,41)6)53-34-32(48)29(45)23(44)18-51-34/h7,20-21,23-35,42-49H,8-19H2,1-6H3/t20-,21+,23+,24-,25+,26-,27+,28+,29+,30-,31+,32-,33-,34+,35+,38+,39-,40+,41+/m1/s1. The highest BCUT2D eigenvalue weighted by Gasteiger charge is 2.71. The summed E-state index contributed by atoms with van der Waals surface area (Å²) in [5.74, 6) is 0.157. The van der Waals surface area contributed by atoms with E-state index in [1.54, 1.807) is 0 Å². The molecule has 19 atom stereocenters. The Labute approximate surface area is 319 Å². The van der Waals surface area contributed by atoms with Gasteiger partial charge in [-0.15, -0.1) is 0 Å². The lowest BCUT2D eigenvalue weighted by Gasteiger charge is -2.71. The first-order valence-electron chi connectivity index (χ1n) is 20.5. The summed E-state index contributed by atoms with van der Waals surface area (Å²) in [5.41, 5.74) is -1.06. The van der Waals surface area contributed by atoms with Gasteiger partial charge in [0.2, 0.25) is 6.29 Å². The number of rotatable bonds is 6. The lowest BCUT2D eigenvalue weighted by atomic mass is 9.33. The van der Waals surface area contributed by atoms with Gasteiger partial charge in [0.1, 0.15) is 42.7 Å². The molecule has 0 aromatic carbocycles. The van der Waals surface area contributed by atoms with Crippen LogP contribution in [0.4, 0.5) is 0 Å². The average Bonchev–Trinajstić information content (AvgIpc) is 3.13. The minimum absolute atomic E-state index is 0.0395. The minimum atomic E-state index is -1.68. The molecule has 308 valence electrons. The van der Waals surface area contributed by atoms with Gasteiger partial charge in [0, 0.05) is 5.41 Å². The topological polar surface area (TPSA) is 216 Å². The number of esters is 1. The van der Waals surface area contributed by atoms with Crippen molar-refractivity contribution >= 4 is 5.97 Å². The van der Waals surface area contributed by atoms with Gasteiger partial charge in [0.25, 0.3) is 0 Å². The summed E-state index contributed by atoms with van der Waals surface area (Å²) in [6.07, 6.45) is -3.80. The third kappa shape index (κ3) is 5.76. The molecule has 2 aliphatic heterocycles. The van der Waals surface area contributed by atoms with Crippen LogP contribution in [0.3, 0.4) is 0 Å². The fourth-order valence-electron chi connectivity index (χ4n) is 13.7. The van der Waals surface area contributed by atoms with Gasteiger partial charge in [-0.05, 0) is 104 Å². The van der Waals surface area contributed by atoms with Crippen LogP contribution >= 0.6 is 0 Å². The largest absolute Gasteiger partial charge is 0.432 e. The molecule has 8 N–H and O–H groups in total. The summed E-state index contributed by atoms with van der Waals surface area (Å²) in [5, 5.41) is 84.1. The summed E-state index contributed by atoms with van der Waals surface area (Å²) in [6, 6.07) is 0. The number of fused-ring (bicyclic) bond motifs is 7. The Morgan fingerprint density at radius 1 is 0.815 bits per heavy atom. The van der Waals surface area contributed by atoms with Gasteiger partial charge in [0.15, 0.2) is 6.29 Å². The second kappa shape index (κ2) is 14.2. The summed E-state index contributed by atoms with van der Waals surface area (Å²) in [7, 11) is 0. The molecule has 0 aromatic rings. The molecule has 0 unspecified atom stereocenters. The molecule has 7 rings (SSSR count). The number of aliphatic hydroxyl groups is 8. The second-order valence-electron chi connectivity index (χ2n) is 19.5. The number of carbonyl (C=O) groups is 1. The number of aliphatic hydroxyl groups excluding tert-OH is 8. The molecule has 0 aromatic heterocycles. The van der Waals surface area contributed by atoms with Gasteiger partial charge in [-0.2, -0.15) is 0 Å². The Hall–Kier alpha value is -1.23. The van der Waals surface area contributed by atoms with Crippen LogP contribution in [0.2, 0.25) is 0 Å². The normalized spacial score (nSPS) is 54.3. The maximum Gasteiger partial charge on any atom is 0.315 e. The highest BCUT2D eigenvalue weighted by molar-refractivity contribution is 5.79. The van der Waals surface area contributed by atoms with E-state index in [9.17, 15) is 45.6 Å². The third-order valence-corrected chi connectivity index (χ3v) is 17.1. The average molecular weight is 767 g/mol. The zero-order chi connectivity index (χ0) is 39.3. The van der Waals surface area contributed by atoms with Crippen molar-refractivity contribution in [1.82, 2.24) is 0 Å². The van der Waals surface area contributed by atoms with Crippen molar-refractivity contribution in [3.05, 3.63) is 11.6 Å². The van der Waals surface area contributed by atoms with Gasteiger partial charge in [0.05, 0.1) is 31.3 Å². The predicted octanol–water partition coefficient (Wildman–Crippen LogP) is 1.78. The van der Waals surface area contributed by atoms with Crippen molar-refractivity contribution in [2.75, 3.05) is 19.8 Å². The van der Waals surface area contributed by atoms with Crippen LogP contribution in [-0.4, -0.2) is 128 Å². The zero-order valence-electron chi connectivity index (χ0n) is 32.8. The zero-order valence-corrected chi connectivity index (χ0v) is 32.8. The van der Waals surface area contributed by atoms with Crippen LogP contribution in [0.25, 0.3) is 0 Å². The van der Waals surface area contributed by atoms with E-state index in [-0.39, 0.29) is 59.2 Å². The molecule has 5 aliphatic carbocycles. The van der Waals surface area contributed by atoms with E-state index in [4.69, 9.17) is 18.9 Å². The van der Waals surface area contributed by atoms with E-state index in [1.165, 1.54) is 0 Å². The Bertz CT molecular complexity index is 1440. The smallest absolute Gasteiger partial charge is 0.315 e. The molecule has 7 aliphatic rings. The van der Waals surface area contributed by atoms with E-state index >= 15 is 0 Å². The first kappa shape index (κ1) is 40.9. The first-order chi connectivity index (χ1) is 25.3. The molecule has 0 radical (unpaired) electrons. The predicted molar refractivity (Wildman–Crippen MR) is 193 cm³/mol. The minimum Gasteiger partial charge on any atom is -0.432 e. The Morgan fingerprint density at radius 3 is 2.20 bits per heavy atom. The fourth-order valence-corrected chi connectivity index (χ4v) is 13.7. The van der Waals surface area contributed by atoms with E-state index in [0.717, 1.165) is 44.1 Å². The lowest BCUT2D eigenvalue weighted by molar-refractivity contribution is -0.309. The number of hydrogen-bond donors (Lipinski definition) is 8. The van der Waals surface area contributed by atoms with Gasteiger partial charge in [-0.3, -0.25) is 4.79 Å². The number of ether oxygens (including phenoxy) is 4. The summed E-state index contributed by atoms with van der Waals surface area (Å²) in [6.45, 7) is 12.9. The van der Waals surface area contributed by atoms with Crippen LogP contribution in [-0.2, 0) is 23.7 Å². The van der Waals surface area contributed by atoms with Crippen molar-refractivity contribution in [2.45, 2.75) is 161 Å². The SMILES string of the molecule is C[C@H]1[C@H](C)CC[C@]2(C(=O)O[C@@H]3O[C@H](CO)[C@@H](O)[C@H](O)[C@H]3O)CC[C@]3(CO)C(=CC[C@@H]4[C@@]5(C)CC[C@H](O[C@@H]6OC[C@H](O)[C@H](O)[C@H]6O)C(C)(C)[C@@H]5CC[C@]43C)[C@H]12. The maximum atomic E-state index is 14.6. The first-order valence-corrected chi connectivity index (χ1v) is 20.5. The third-order valence-electron chi connectivity index (χ3n) is 17.1. The summed E-state index contributed by atoms with van der Waals surface area (Å²) < 4.78 is 23.7. The van der Waals surface area contributed by atoms with E-state index < -0.39 is 78.7 Å². The van der Waals surface area contributed by atoms with Crippen molar-refractivity contribution in [3.8, 4) is 0 Å². The fraction of sp³-hybridized carbons (Fsp3) is 0.927. The molecule has 2 heterocycles. The number of carbonyl (C=O) groups excluding carboxylic acids is 1. The molecule has 6 fully saturated rings. The highest BCUT2D eigenvalue weighted by Crippen LogP contribution is 2.76. The molecule has 13 nitrogen and oxygen atoms in total. The van der Waals surface area contributed by atoms with Crippen molar-refractivity contribution in [1.29, 1.82) is 0 Å². The molecular weight excluding hydrogens is 700 g/mol. The van der Waals surface area contributed by atoms with Gasteiger partial charge >= 0.3 is 5.97 Å². The van der Waals surface area contributed by atoms with Crippen molar-refractivity contribution < 1.29 is 64.6 Å². The van der Waals surface area contributed by atoms with Crippen LogP contribution in [0.1, 0.15) is 99.3 Å². The van der Waals surface area contributed by atoms with Crippen molar-refractivity contribution in [3.63, 3.8) is 0 Å². The Balaban J connectivity index is 1.19. The second-order valence-corrected chi connectivity index (χ2v) is 19.5. The highest BCUT2D eigenvalue weighted by atomic mass is 16.7. The van der Waals surface area contributed by atoms with E-state index in [0.29, 0.717) is 25.2 Å². The Kier molecular flexibility index (Phi) is 10.8. The molecular formula is C41H66O13. The maximum absolute atomic E-state index is 14.6. The molecule has 54 heavy (non-hydrogen) atoms. The monoisotopic (exact) mass is 766 g/mol. The molecule has 13 heteroatoms. The van der Waals surface area contributed by atoms with E-state index in [1.807, 2.05) is 0 Å². The lowest BCUT2D eigenvalue weighted by Crippen LogP contribution is -2.67. The van der Waals surface area contributed by atoms with Crippen LogP contribution in [0.5, 0.6) is 0 Å². The van der Waals surface area contributed by atoms with Crippen LogP contribution in [0, 0.1) is 56.7 Å². The van der Waals surface area contributed by atoms with E-state index in [2.05, 4.69) is 47.6 Å². The number of allylic oxidation sites excluding steroid dienone is 1. The Morgan fingerprint density at radius 2 is 1.52 bits per heavy atom. The van der Waals surface area contributed by atoms with Crippen LogP contribution in [0.15, 0.2) is 11.6 Å².